The van der Waals surface area contributed by atoms with Gasteiger partial charge in [-0.1, -0.05) is 31.4 Å². The first-order valence-corrected chi connectivity index (χ1v) is 12.6. The van der Waals surface area contributed by atoms with Crippen LogP contribution in [0.25, 0.3) is 0 Å². The Hall–Kier alpha value is -3.53. The SMILES string of the molecule is COc1ccc(CN(C(=O)c2cnsn2)[C@@H](C(=O)NC2CCCCC2)c2ccc(F)cc2)c(OC)c1. The zero-order chi connectivity index (χ0) is 25.5. The third-order valence-electron chi connectivity index (χ3n) is 6.37. The molecular formula is C26H29FN4O4S. The molecule has 0 saturated heterocycles. The standard InChI is InChI=1S/C26H29FN4O4S/c1-34-21-13-10-18(23(14-21)35-2)16-31(26(33)22-15-28-36-30-22)24(17-8-11-19(27)12-9-17)25(32)29-20-6-4-3-5-7-20/h8-15,20,24H,3-7,16H2,1-2H3,(H,29,32)/t24-/m1/s1. The maximum absolute atomic E-state index is 13.8. The number of halogens is 1. The third kappa shape index (κ3) is 5.99. The van der Waals surface area contributed by atoms with Crippen molar-refractivity contribution in [1.82, 2.24) is 19.0 Å². The maximum atomic E-state index is 13.8. The van der Waals surface area contributed by atoms with Crippen LogP contribution < -0.4 is 14.8 Å². The lowest BCUT2D eigenvalue weighted by atomic mass is 9.94. The first-order valence-electron chi connectivity index (χ1n) is 11.9. The van der Waals surface area contributed by atoms with Crippen LogP contribution in [-0.2, 0) is 11.3 Å². The van der Waals surface area contributed by atoms with Gasteiger partial charge in [0.25, 0.3) is 5.91 Å². The summed E-state index contributed by atoms with van der Waals surface area (Å²) in [6, 6.07) is 9.93. The van der Waals surface area contributed by atoms with Crippen LogP contribution in [0.1, 0.15) is 59.8 Å². The van der Waals surface area contributed by atoms with Gasteiger partial charge in [0.05, 0.1) is 38.7 Å². The van der Waals surface area contributed by atoms with Crippen LogP contribution in [0, 0.1) is 5.82 Å². The minimum atomic E-state index is -1.02. The van der Waals surface area contributed by atoms with Gasteiger partial charge in [0.15, 0.2) is 5.69 Å². The molecular weight excluding hydrogens is 483 g/mol. The normalized spacial score (nSPS) is 14.6. The molecule has 3 aromatic rings. The van der Waals surface area contributed by atoms with Gasteiger partial charge in [-0.2, -0.15) is 8.75 Å². The summed E-state index contributed by atoms with van der Waals surface area (Å²) in [6.07, 6.45) is 6.39. The number of hydrogen-bond acceptors (Lipinski definition) is 7. The van der Waals surface area contributed by atoms with Gasteiger partial charge < -0.3 is 19.7 Å². The molecule has 1 aliphatic rings. The summed E-state index contributed by atoms with van der Waals surface area (Å²) in [7, 11) is 3.09. The van der Waals surface area contributed by atoms with Crippen molar-refractivity contribution in [3.05, 3.63) is 71.3 Å². The lowest BCUT2D eigenvalue weighted by Crippen LogP contribution is -2.47. The number of aromatic nitrogens is 2. The van der Waals surface area contributed by atoms with Gasteiger partial charge in [0.1, 0.15) is 23.4 Å². The molecule has 1 aromatic heterocycles. The smallest absolute Gasteiger partial charge is 0.276 e. The van der Waals surface area contributed by atoms with Crippen molar-refractivity contribution in [2.24, 2.45) is 0 Å². The van der Waals surface area contributed by atoms with Crippen LogP contribution in [0.5, 0.6) is 11.5 Å². The van der Waals surface area contributed by atoms with Gasteiger partial charge in [-0.25, -0.2) is 4.39 Å². The van der Waals surface area contributed by atoms with E-state index in [1.54, 1.807) is 25.3 Å². The fourth-order valence-corrected chi connectivity index (χ4v) is 4.90. The number of amides is 2. The van der Waals surface area contributed by atoms with Crippen LogP contribution in [0.4, 0.5) is 4.39 Å². The summed E-state index contributed by atoms with van der Waals surface area (Å²) >= 11 is 0.912. The van der Waals surface area contributed by atoms with Crippen LogP contribution in [0.2, 0.25) is 0 Å². The summed E-state index contributed by atoms with van der Waals surface area (Å²) < 4.78 is 32.7. The topological polar surface area (TPSA) is 93.7 Å². The molecule has 0 unspecified atom stereocenters. The van der Waals surface area contributed by atoms with Gasteiger partial charge in [0.2, 0.25) is 5.91 Å². The van der Waals surface area contributed by atoms with Crippen LogP contribution >= 0.6 is 11.7 Å². The second-order valence-electron chi connectivity index (χ2n) is 8.70. The highest BCUT2D eigenvalue weighted by Crippen LogP contribution is 2.31. The molecule has 1 N–H and O–H groups in total. The highest BCUT2D eigenvalue weighted by molar-refractivity contribution is 6.99. The second-order valence-corrected chi connectivity index (χ2v) is 9.26. The predicted molar refractivity (Wildman–Crippen MR) is 133 cm³/mol. The zero-order valence-electron chi connectivity index (χ0n) is 20.3. The van der Waals surface area contributed by atoms with E-state index in [0.29, 0.717) is 22.6 Å². The number of nitrogens with zero attached hydrogens (tertiary/aromatic N) is 3. The molecule has 1 atom stereocenters. The summed E-state index contributed by atoms with van der Waals surface area (Å²) in [5.41, 5.74) is 1.30. The Labute approximate surface area is 213 Å². The van der Waals surface area contributed by atoms with E-state index in [4.69, 9.17) is 9.47 Å². The molecule has 0 aliphatic heterocycles. The van der Waals surface area contributed by atoms with E-state index < -0.39 is 17.8 Å². The van der Waals surface area contributed by atoms with Gasteiger partial charge in [-0.3, -0.25) is 9.59 Å². The monoisotopic (exact) mass is 512 g/mol. The number of ether oxygens (including phenoxy) is 2. The van der Waals surface area contributed by atoms with Crippen LogP contribution in [-0.4, -0.2) is 45.7 Å². The van der Waals surface area contributed by atoms with E-state index in [0.717, 1.165) is 43.8 Å². The maximum Gasteiger partial charge on any atom is 0.276 e. The predicted octanol–water partition coefficient (Wildman–Crippen LogP) is 4.53. The Morgan fingerprint density at radius 3 is 2.50 bits per heavy atom. The lowest BCUT2D eigenvalue weighted by molar-refractivity contribution is -0.127. The van der Waals surface area contributed by atoms with E-state index in [-0.39, 0.29) is 24.2 Å². The largest absolute Gasteiger partial charge is 0.497 e. The summed E-state index contributed by atoms with van der Waals surface area (Å²) in [5.74, 6) is -0.104. The van der Waals surface area contributed by atoms with E-state index in [9.17, 15) is 14.0 Å². The van der Waals surface area contributed by atoms with Gasteiger partial charge >= 0.3 is 0 Å². The molecule has 4 rings (SSSR count). The number of carbonyl (C=O) groups excluding carboxylic acids is 2. The third-order valence-corrected chi connectivity index (χ3v) is 6.85. The number of carbonyl (C=O) groups is 2. The average Bonchev–Trinajstić information content (AvgIpc) is 3.45. The Morgan fingerprint density at radius 2 is 1.86 bits per heavy atom. The summed E-state index contributed by atoms with van der Waals surface area (Å²) in [6.45, 7) is 0.0453. The molecule has 1 aliphatic carbocycles. The Kier molecular flexibility index (Phi) is 8.48. The highest BCUT2D eigenvalue weighted by Gasteiger charge is 2.35. The number of benzene rings is 2. The van der Waals surface area contributed by atoms with E-state index in [1.165, 1.54) is 42.5 Å². The molecule has 1 heterocycles. The molecule has 0 radical (unpaired) electrons. The summed E-state index contributed by atoms with van der Waals surface area (Å²) in [4.78, 5) is 28.9. The molecule has 2 aromatic carbocycles. The van der Waals surface area contributed by atoms with Gasteiger partial charge in [-0.05, 0) is 42.7 Å². The van der Waals surface area contributed by atoms with Crippen molar-refractivity contribution in [3.63, 3.8) is 0 Å². The molecule has 10 heteroatoms. The Bertz CT molecular complexity index is 1170. The summed E-state index contributed by atoms with van der Waals surface area (Å²) in [5, 5.41) is 3.13. The molecule has 2 amide bonds. The lowest BCUT2D eigenvalue weighted by Gasteiger charge is -2.33. The number of nitrogens with one attached hydrogen (secondary N) is 1. The quantitative estimate of drug-likeness (QED) is 0.453. The molecule has 190 valence electrons. The van der Waals surface area contributed by atoms with Crippen LogP contribution in [0.3, 0.4) is 0 Å². The Morgan fingerprint density at radius 1 is 1.11 bits per heavy atom. The van der Waals surface area contributed by atoms with E-state index >= 15 is 0 Å². The number of hydrogen-bond donors (Lipinski definition) is 1. The van der Waals surface area contributed by atoms with Gasteiger partial charge in [0, 0.05) is 17.7 Å². The van der Waals surface area contributed by atoms with E-state index in [1.807, 2.05) is 0 Å². The van der Waals surface area contributed by atoms with E-state index in [2.05, 4.69) is 14.1 Å². The molecule has 0 spiro atoms. The van der Waals surface area contributed by atoms with Crippen molar-refractivity contribution < 1.29 is 23.5 Å². The zero-order valence-corrected chi connectivity index (χ0v) is 21.1. The number of rotatable bonds is 9. The Balaban J connectivity index is 1.76. The molecule has 1 saturated carbocycles. The van der Waals surface area contributed by atoms with Crippen molar-refractivity contribution >= 4 is 23.5 Å². The van der Waals surface area contributed by atoms with Gasteiger partial charge in [-0.15, -0.1) is 0 Å². The molecule has 36 heavy (non-hydrogen) atoms. The van der Waals surface area contributed by atoms with Crippen molar-refractivity contribution in [2.45, 2.75) is 50.7 Å². The average molecular weight is 513 g/mol. The van der Waals surface area contributed by atoms with Crippen molar-refractivity contribution in [2.75, 3.05) is 14.2 Å². The van der Waals surface area contributed by atoms with Crippen molar-refractivity contribution in [3.8, 4) is 11.5 Å². The first-order chi connectivity index (χ1) is 17.5. The number of methoxy groups -OCH3 is 2. The molecule has 8 nitrogen and oxygen atoms in total. The second kappa shape index (κ2) is 11.9. The fraction of sp³-hybridized carbons (Fsp3) is 0.385. The molecule has 1 fully saturated rings. The van der Waals surface area contributed by atoms with Crippen LogP contribution in [0.15, 0.2) is 48.7 Å². The van der Waals surface area contributed by atoms with Crippen molar-refractivity contribution in [1.29, 1.82) is 0 Å². The first kappa shape index (κ1) is 25.6. The minimum absolute atomic E-state index is 0.0302. The highest BCUT2D eigenvalue weighted by atomic mass is 32.1. The molecule has 0 bridgehead atoms. The minimum Gasteiger partial charge on any atom is -0.497 e. The fourth-order valence-electron chi connectivity index (χ4n) is 4.50.